The molecule has 1 unspecified atom stereocenters. The summed E-state index contributed by atoms with van der Waals surface area (Å²) in [7, 11) is 0. The Kier molecular flexibility index (Phi) is 5.81. The van der Waals surface area contributed by atoms with Crippen molar-refractivity contribution in [3.8, 4) is 0 Å². The molecule has 0 saturated carbocycles. The first-order valence-electron chi connectivity index (χ1n) is 7.94. The van der Waals surface area contributed by atoms with Crippen molar-refractivity contribution in [1.29, 1.82) is 0 Å². The predicted molar refractivity (Wildman–Crippen MR) is 88.0 cm³/mol. The number of nitrogens with zero attached hydrogens (tertiary/aromatic N) is 1. The molecule has 2 aliphatic rings. The van der Waals surface area contributed by atoms with Crippen LogP contribution in [0.1, 0.15) is 41.6 Å². The van der Waals surface area contributed by atoms with Gasteiger partial charge in [-0.1, -0.05) is 0 Å². The lowest BCUT2D eigenvalue weighted by atomic mass is 9.88. The molecule has 3 rings (SSSR count). The van der Waals surface area contributed by atoms with Gasteiger partial charge in [0.05, 0.1) is 0 Å². The maximum atomic E-state index is 13.1. The fourth-order valence-corrected chi connectivity index (χ4v) is 3.66. The SMILES string of the molecule is Cc1cc(F)ccc1C(=O)N1CCC(C2CCCN2)CC1.Cl. The molecule has 2 fully saturated rings. The Morgan fingerprint density at radius 1 is 1.27 bits per heavy atom. The van der Waals surface area contributed by atoms with E-state index in [0.717, 1.165) is 38.0 Å². The summed E-state index contributed by atoms with van der Waals surface area (Å²) in [6, 6.07) is 5.06. The van der Waals surface area contributed by atoms with E-state index >= 15 is 0 Å². The molecule has 22 heavy (non-hydrogen) atoms. The van der Waals surface area contributed by atoms with Gasteiger partial charge in [0.25, 0.3) is 5.91 Å². The van der Waals surface area contributed by atoms with E-state index in [1.54, 1.807) is 13.0 Å². The zero-order chi connectivity index (χ0) is 14.8. The van der Waals surface area contributed by atoms with E-state index < -0.39 is 0 Å². The molecule has 2 saturated heterocycles. The first kappa shape index (κ1) is 17.2. The lowest BCUT2D eigenvalue weighted by molar-refractivity contribution is 0.0673. The molecular formula is C17H24ClFN2O. The van der Waals surface area contributed by atoms with Crippen LogP contribution in [0.3, 0.4) is 0 Å². The minimum atomic E-state index is -0.282. The molecule has 1 atom stereocenters. The molecule has 0 radical (unpaired) electrons. The second-order valence-corrected chi connectivity index (χ2v) is 6.29. The van der Waals surface area contributed by atoms with Gasteiger partial charge >= 0.3 is 0 Å². The van der Waals surface area contributed by atoms with Crippen molar-refractivity contribution in [3.05, 3.63) is 35.1 Å². The van der Waals surface area contributed by atoms with E-state index in [4.69, 9.17) is 0 Å². The highest BCUT2D eigenvalue weighted by molar-refractivity contribution is 5.95. The Labute approximate surface area is 137 Å². The molecule has 0 bridgehead atoms. The lowest BCUT2D eigenvalue weighted by Crippen LogP contribution is -2.43. The number of amides is 1. The smallest absolute Gasteiger partial charge is 0.254 e. The summed E-state index contributed by atoms with van der Waals surface area (Å²) in [5.41, 5.74) is 1.36. The highest BCUT2D eigenvalue weighted by Crippen LogP contribution is 2.26. The summed E-state index contributed by atoms with van der Waals surface area (Å²) < 4.78 is 13.1. The van der Waals surface area contributed by atoms with Crippen molar-refractivity contribution in [2.24, 2.45) is 5.92 Å². The molecular weight excluding hydrogens is 303 g/mol. The van der Waals surface area contributed by atoms with Crippen LogP contribution in [0, 0.1) is 18.7 Å². The van der Waals surface area contributed by atoms with Gasteiger partial charge in [0.15, 0.2) is 0 Å². The van der Waals surface area contributed by atoms with Gasteiger partial charge in [-0.3, -0.25) is 4.79 Å². The van der Waals surface area contributed by atoms with Gasteiger partial charge in [-0.25, -0.2) is 4.39 Å². The Balaban J connectivity index is 0.00000176. The Hall–Kier alpha value is -1.13. The first-order valence-corrected chi connectivity index (χ1v) is 7.94. The summed E-state index contributed by atoms with van der Waals surface area (Å²) in [6.07, 6.45) is 4.70. The molecule has 1 aromatic carbocycles. The van der Waals surface area contributed by atoms with Gasteiger partial charge in [0, 0.05) is 24.7 Å². The summed E-state index contributed by atoms with van der Waals surface area (Å²) in [4.78, 5) is 14.5. The first-order chi connectivity index (χ1) is 10.1. The van der Waals surface area contributed by atoms with E-state index in [-0.39, 0.29) is 24.1 Å². The normalized spacial score (nSPS) is 22.5. The third-order valence-corrected chi connectivity index (χ3v) is 4.91. The van der Waals surface area contributed by atoms with Crippen molar-refractivity contribution in [2.75, 3.05) is 19.6 Å². The second-order valence-electron chi connectivity index (χ2n) is 6.29. The molecule has 0 spiro atoms. The van der Waals surface area contributed by atoms with Crippen LogP contribution >= 0.6 is 12.4 Å². The van der Waals surface area contributed by atoms with Crippen molar-refractivity contribution >= 4 is 18.3 Å². The van der Waals surface area contributed by atoms with Gasteiger partial charge in [0.1, 0.15) is 5.82 Å². The number of hydrogen-bond donors (Lipinski definition) is 1. The number of carbonyl (C=O) groups excluding carboxylic acids is 1. The number of carbonyl (C=O) groups is 1. The molecule has 1 N–H and O–H groups in total. The highest BCUT2D eigenvalue weighted by atomic mass is 35.5. The molecule has 1 aromatic rings. The van der Waals surface area contributed by atoms with Crippen molar-refractivity contribution < 1.29 is 9.18 Å². The quantitative estimate of drug-likeness (QED) is 0.905. The Morgan fingerprint density at radius 2 is 2.00 bits per heavy atom. The van der Waals surface area contributed by atoms with Crippen LogP contribution in [-0.2, 0) is 0 Å². The van der Waals surface area contributed by atoms with Crippen LogP contribution in [0.15, 0.2) is 18.2 Å². The van der Waals surface area contributed by atoms with Crippen LogP contribution in [0.5, 0.6) is 0 Å². The molecule has 2 aliphatic heterocycles. The Bertz CT molecular complexity index is 523. The lowest BCUT2D eigenvalue weighted by Gasteiger charge is -2.35. The molecule has 0 aromatic heterocycles. The van der Waals surface area contributed by atoms with E-state index in [2.05, 4.69) is 5.32 Å². The summed E-state index contributed by atoms with van der Waals surface area (Å²) in [5, 5.41) is 3.57. The highest BCUT2D eigenvalue weighted by Gasteiger charge is 2.30. The maximum absolute atomic E-state index is 13.1. The fourth-order valence-electron chi connectivity index (χ4n) is 3.66. The number of aryl methyl sites for hydroxylation is 1. The average molecular weight is 327 g/mol. The van der Waals surface area contributed by atoms with Crippen LogP contribution in [-0.4, -0.2) is 36.5 Å². The number of likely N-dealkylation sites (tertiary alicyclic amines) is 1. The summed E-state index contributed by atoms with van der Waals surface area (Å²) in [5.74, 6) is 0.464. The zero-order valence-electron chi connectivity index (χ0n) is 13.0. The number of benzene rings is 1. The maximum Gasteiger partial charge on any atom is 0.254 e. The predicted octanol–water partition coefficient (Wildman–Crippen LogP) is 3.16. The van der Waals surface area contributed by atoms with Crippen LogP contribution in [0.2, 0.25) is 0 Å². The van der Waals surface area contributed by atoms with Crippen molar-refractivity contribution in [1.82, 2.24) is 10.2 Å². The minimum absolute atomic E-state index is 0. The van der Waals surface area contributed by atoms with Crippen molar-refractivity contribution in [2.45, 2.75) is 38.6 Å². The molecule has 2 heterocycles. The number of rotatable bonds is 2. The van der Waals surface area contributed by atoms with Crippen molar-refractivity contribution in [3.63, 3.8) is 0 Å². The zero-order valence-corrected chi connectivity index (χ0v) is 13.8. The minimum Gasteiger partial charge on any atom is -0.339 e. The molecule has 122 valence electrons. The van der Waals surface area contributed by atoms with Gasteiger partial charge in [-0.05, 0) is 68.8 Å². The van der Waals surface area contributed by atoms with Gasteiger partial charge in [0.2, 0.25) is 0 Å². The van der Waals surface area contributed by atoms with E-state index in [1.807, 2.05) is 4.90 Å². The monoisotopic (exact) mass is 326 g/mol. The summed E-state index contributed by atoms with van der Waals surface area (Å²) >= 11 is 0. The molecule has 1 amide bonds. The number of hydrogen-bond acceptors (Lipinski definition) is 2. The van der Waals surface area contributed by atoms with Gasteiger partial charge in [-0.2, -0.15) is 0 Å². The molecule has 3 nitrogen and oxygen atoms in total. The molecule has 5 heteroatoms. The second kappa shape index (κ2) is 7.42. The largest absolute Gasteiger partial charge is 0.339 e. The fraction of sp³-hybridized carbons (Fsp3) is 0.588. The molecule has 0 aliphatic carbocycles. The van der Waals surface area contributed by atoms with Gasteiger partial charge in [-0.15, -0.1) is 12.4 Å². The van der Waals surface area contributed by atoms with Crippen LogP contribution in [0.25, 0.3) is 0 Å². The van der Waals surface area contributed by atoms with Gasteiger partial charge < -0.3 is 10.2 Å². The third-order valence-electron chi connectivity index (χ3n) is 4.91. The Morgan fingerprint density at radius 3 is 2.59 bits per heavy atom. The van der Waals surface area contributed by atoms with Crippen LogP contribution in [0.4, 0.5) is 4.39 Å². The average Bonchev–Trinajstić information content (AvgIpc) is 3.01. The summed E-state index contributed by atoms with van der Waals surface area (Å²) in [6.45, 7) is 4.57. The third kappa shape index (κ3) is 3.61. The topological polar surface area (TPSA) is 32.3 Å². The number of piperidine rings is 1. The van der Waals surface area contributed by atoms with E-state index in [1.165, 1.54) is 25.0 Å². The van der Waals surface area contributed by atoms with E-state index in [0.29, 0.717) is 17.5 Å². The van der Waals surface area contributed by atoms with Crippen LogP contribution < -0.4 is 5.32 Å². The number of halogens is 2. The standard InChI is InChI=1S/C17H23FN2O.ClH/c1-12-11-14(18)4-5-15(12)17(21)20-9-6-13(7-10-20)16-3-2-8-19-16;/h4-5,11,13,16,19H,2-3,6-10H2,1H3;1H. The van der Waals surface area contributed by atoms with E-state index in [9.17, 15) is 9.18 Å². The number of nitrogens with one attached hydrogen (secondary N) is 1.